The normalized spacial score (nSPS) is 27.0. The van der Waals surface area contributed by atoms with Crippen LogP contribution in [0.1, 0.15) is 58.3 Å². The van der Waals surface area contributed by atoms with E-state index in [1.165, 1.54) is 51.4 Å². The van der Waals surface area contributed by atoms with E-state index in [1.54, 1.807) is 0 Å². The Morgan fingerprint density at radius 3 is 2.26 bits per heavy atom. The van der Waals surface area contributed by atoms with Crippen molar-refractivity contribution < 1.29 is 5.11 Å². The largest absolute Gasteiger partial charge is 0.388 e. The molecule has 1 spiro atoms. The Morgan fingerprint density at radius 2 is 1.74 bits per heavy atom. The molecule has 0 aromatic heterocycles. The Labute approximate surface area is 118 Å². The molecule has 1 atom stereocenters. The summed E-state index contributed by atoms with van der Waals surface area (Å²) < 4.78 is 0. The van der Waals surface area contributed by atoms with Gasteiger partial charge in [0.2, 0.25) is 0 Å². The molecular weight excluding hydrogens is 236 g/mol. The summed E-state index contributed by atoms with van der Waals surface area (Å²) in [5.41, 5.74) is 0.0936. The van der Waals surface area contributed by atoms with Gasteiger partial charge < -0.3 is 15.3 Å². The van der Waals surface area contributed by atoms with Crippen molar-refractivity contribution in [3.05, 3.63) is 0 Å². The van der Waals surface area contributed by atoms with Gasteiger partial charge in [0.15, 0.2) is 0 Å². The van der Waals surface area contributed by atoms with Gasteiger partial charge in [0, 0.05) is 19.1 Å². The van der Waals surface area contributed by atoms with Crippen LogP contribution in [0.5, 0.6) is 0 Å². The first-order valence-corrected chi connectivity index (χ1v) is 8.01. The van der Waals surface area contributed by atoms with Gasteiger partial charge in [0.25, 0.3) is 0 Å². The third-order valence-electron chi connectivity index (χ3n) is 5.14. The molecular formula is C16H32N2O. The van der Waals surface area contributed by atoms with E-state index in [-0.39, 0.29) is 0 Å². The van der Waals surface area contributed by atoms with E-state index in [9.17, 15) is 5.11 Å². The van der Waals surface area contributed by atoms with Crippen LogP contribution in [0.2, 0.25) is 0 Å². The highest BCUT2D eigenvalue weighted by Crippen LogP contribution is 2.48. The maximum absolute atomic E-state index is 10.3. The van der Waals surface area contributed by atoms with Crippen LogP contribution in [-0.4, -0.2) is 48.8 Å². The first-order valence-electron chi connectivity index (χ1n) is 8.01. The topological polar surface area (TPSA) is 35.5 Å². The first-order chi connectivity index (χ1) is 8.91. The molecule has 0 saturated heterocycles. The van der Waals surface area contributed by atoms with Gasteiger partial charge in [0.05, 0.1) is 5.60 Å². The number of aliphatic hydroxyl groups is 1. The highest BCUT2D eigenvalue weighted by Gasteiger charge is 2.37. The van der Waals surface area contributed by atoms with Crippen molar-refractivity contribution in [1.82, 2.24) is 10.2 Å². The number of hydrogen-bond acceptors (Lipinski definition) is 3. The molecule has 2 aliphatic carbocycles. The average molecular weight is 268 g/mol. The predicted molar refractivity (Wildman–Crippen MR) is 80.3 cm³/mol. The Morgan fingerprint density at radius 1 is 1.16 bits per heavy atom. The molecule has 19 heavy (non-hydrogen) atoms. The Bertz CT molecular complexity index is 272. The van der Waals surface area contributed by atoms with Crippen molar-refractivity contribution in [1.29, 1.82) is 0 Å². The molecule has 0 aliphatic heterocycles. The molecule has 0 aromatic rings. The quantitative estimate of drug-likeness (QED) is 0.803. The van der Waals surface area contributed by atoms with Gasteiger partial charge in [0.1, 0.15) is 0 Å². The second-order valence-electron chi connectivity index (χ2n) is 7.60. The molecule has 0 aromatic carbocycles. The van der Waals surface area contributed by atoms with Crippen LogP contribution in [0.3, 0.4) is 0 Å². The van der Waals surface area contributed by atoms with Crippen molar-refractivity contribution in [2.45, 2.75) is 69.9 Å². The zero-order chi connectivity index (χ0) is 13.9. The summed E-state index contributed by atoms with van der Waals surface area (Å²) in [6.45, 7) is 3.36. The van der Waals surface area contributed by atoms with E-state index in [1.807, 2.05) is 21.0 Å². The molecule has 0 radical (unpaired) electrons. The number of nitrogens with zero attached hydrogens (tertiary/aromatic N) is 1. The van der Waals surface area contributed by atoms with E-state index in [2.05, 4.69) is 10.2 Å². The van der Waals surface area contributed by atoms with Crippen molar-refractivity contribution in [3.63, 3.8) is 0 Å². The monoisotopic (exact) mass is 268 g/mol. The minimum absolute atomic E-state index is 0.619. The zero-order valence-corrected chi connectivity index (χ0v) is 13.0. The molecule has 0 bridgehead atoms. The molecule has 3 nitrogen and oxygen atoms in total. The van der Waals surface area contributed by atoms with E-state index in [0.717, 1.165) is 6.54 Å². The van der Waals surface area contributed by atoms with Gasteiger partial charge in [-0.3, -0.25) is 0 Å². The average Bonchev–Trinajstić information content (AvgIpc) is 2.76. The van der Waals surface area contributed by atoms with Crippen LogP contribution in [0.15, 0.2) is 0 Å². The molecule has 2 saturated carbocycles. The molecule has 2 aliphatic rings. The fraction of sp³-hybridized carbons (Fsp3) is 1.00. The molecule has 1 unspecified atom stereocenters. The van der Waals surface area contributed by atoms with Crippen molar-refractivity contribution >= 4 is 0 Å². The molecule has 2 N–H and O–H groups in total. The summed E-state index contributed by atoms with van der Waals surface area (Å²) >= 11 is 0. The van der Waals surface area contributed by atoms with E-state index in [4.69, 9.17) is 0 Å². The van der Waals surface area contributed by atoms with E-state index in [0.29, 0.717) is 18.0 Å². The minimum atomic E-state index is -0.619. The number of likely N-dealkylation sites (N-methyl/N-ethyl adjacent to an activating group) is 1. The van der Waals surface area contributed by atoms with Gasteiger partial charge in [-0.05, 0) is 65.0 Å². The molecule has 0 amide bonds. The van der Waals surface area contributed by atoms with Crippen molar-refractivity contribution in [2.24, 2.45) is 5.41 Å². The third kappa shape index (κ3) is 4.44. The predicted octanol–water partition coefficient (Wildman–Crippen LogP) is 2.39. The number of nitrogens with one attached hydrogen (secondary N) is 1. The van der Waals surface area contributed by atoms with Crippen LogP contribution >= 0.6 is 0 Å². The maximum atomic E-state index is 10.3. The highest BCUT2D eigenvalue weighted by atomic mass is 16.3. The van der Waals surface area contributed by atoms with Gasteiger partial charge >= 0.3 is 0 Å². The standard InChI is InChI=1S/C16H32N2O/c1-15(19,13-18(2)3)12-17-14-6-10-16(11-7-14)8-4-5-9-16/h14,17,19H,4-13H2,1-3H3. The second kappa shape index (κ2) is 6.11. The molecule has 3 heteroatoms. The van der Waals surface area contributed by atoms with Gasteiger partial charge in [-0.25, -0.2) is 0 Å². The summed E-state index contributed by atoms with van der Waals surface area (Å²) in [5.74, 6) is 0. The molecule has 2 fully saturated rings. The third-order valence-corrected chi connectivity index (χ3v) is 5.14. The molecule has 0 heterocycles. The van der Waals surface area contributed by atoms with Crippen LogP contribution < -0.4 is 5.32 Å². The van der Waals surface area contributed by atoms with Crippen LogP contribution in [0, 0.1) is 5.41 Å². The number of rotatable bonds is 5. The lowest BCUT2D eigenvalue weighted by molar-refractivity contribution is 0.0280. The lowest BCUT2D eigenvalue weighted by Crippen LogP contribution is -2.49. The molecule has 112 valence electrons. The fourth-order valence-corrected chi connectivity index (χ4v) is 4.16. The lowest BCUT2D eigenvalue weighted by Gasteiger charge is -2.38. The zero-order valence-electron chi connectivity index (χ0n) is 13.0. The fourth-order valence-electron chi connectivity index (χ4n) is 4.16. The van der Waals surface area contributed by atoms with Crippen molar-refractivity contribution in [2.75, 3.05) is 27.2 Å². The summed E-state index contributed by atoms with van der Waals surface area (Å²) in [4.78, 5) is 2.05. The summed E-state index contributed by atoms with van der Waals surface area (Å²) in [6.07, 6.45) is 11.3. The Hall–Kier alpha value is -0.120. The van der Waals surface area contributed by atoms with Gasteiger partial charge in [-0.2, -0.15) is 0 Å². The van der Waals surface area contributed by atoms with E-state index >= 15 is 0 Å². The first kappa shape index (κ1) is 15.3. The smallest absolute Gasteiger partial charge is 0.0869 e. The van der Waals surface area contributed by atoms with Crippen LogP contribution in [0.4, 0.5) is 0 Å². The van der Waals surface area contributed by atoms with Gasteiger partial charge in [-0.1, -0.05) is 12.8 Å². The summed E-state index contributed by atoms with van der Waals surface area (Å²) in [6, 6.07) is 0.625. The van der Waals surface area contributed by atoms with Crippen LogP contribution in [-0.2, 0) is 0 Å². The second-order valence-corrected chi connectivity index (χ2v) is 7.60. The molecule has 2 rings (SSSR count). The Balaban J connectivity index is 1.71. The Kier molecular flexibility index (Phi) is 4.91. The van der Waals surface area contributed by atoms with Crippen molar-refractivity contribution in [3.8, 4) is 0 Å². The highest BCUT2D eigenvalue weighted by molar-refractivity contribution is 4.92. The van der Waals surface area contributed by atoms with E-state index < -0.39 is 5.60 Å². The van der Waals surface area contributed by atoms with Crippen LogP contribution in [0.25, 0.3) is 0 Å². The number of hydrogen-bond donors (Lipinski definition) is 2. The maximum Gasteiger partial charge on any atom is 0.0869 e. The summed E-state index contributed by atoms with van der Waals surface area (Å²) in [7, 11) is 4.03. The minimum Gasteiger partial charge on any atom is -0.388 e. The van der Waals surface area contributed by atoms with Gasteiger partial charge in [-0.15, -0.1) is 0 Å². The SMILES string of the molecule is CN(C)CC(C)(O)CNC1CCC2(CCCC2)CC1. The summed E-state index contributed by atoms with van der Waals surface area (Å²) in [5, 5.41) is 13.9. The lowest BCUT2D eigenvalue weighted by atomic mass is 9.71.